The third-order valence-corrected chi connectivity index (χ3v) is 2.44. The molecule has 0 atom stereocenters. The van der Waals surface area contributed by atoms with Gasteiger partial charge in [-0.05, 0) is 13.8 Å². The molecule has 1 aromatic rings. The molecule has 0 N–H and O–H groups in total. The summed E-state index contributed by atoms with van der Waals surface area (Å²) in [7, 11) is 0.943. The van der Waals surface area contributed by atoms with Crippen LogP contribution in [-0.4, -0.2) is 30.6 Å². The molecule has 1 rings (SSSR count). The van der Waals surface area contributed by atoms with Gasteiger partial charge in [0.25, 0.3) is 0 Å². The second-order valence-electron chi connectivity index (χ2n) is 3.72. The number of rotatable bonds is 3. The van der Waals surface area contributed by atoms with Crippen LogP contribution in [0.2, 0.25) is 0 Å². The lowest BCUT2D eigenvalue weighted by molar-refractivity contribution is -0.138. The van der Waals surface area contributed by atoms with Gasteiger partial charge in [0, 0.05) is 6.20 Å². The molecule has 0 aliphatic carbocycles. The second kappa shape index (κ2) is 5.89. The van der Waals surface area contributed by atoms with E-state index in [1.54, 1.807) is 0 Å². The molecule has 0 bridgehead atoms. The van der Waals surface area contributed by atoms with Crippen LogP contribution >= 0.6 is 0 Å². The Bertz CT molecular complexity index is 540. The number of hydrogen-bond acceptors (Lipinski definition) is 5. The SMILES string of the molecule is CCOC(=O)c1cnc(C)c(C(=O)OC)c1C(F)(F)F. The topological polar surface area (TPSA) is 65.5 Å². The molecule has 0 spiro atoms. The quantitative estimate of drug-likeness (QED) is 0.800. The molecule has 110 valence electrons. The molecule has 0 saturated heterocycles. The van der Waals surface area contributed by atoms with Crippen molar-refractivity contribution in [2.45, 2.75) is 20.0 Å². The Kier molecular flexibility index (Phi) is 4.69. The molecule has 0 aliphatic rings. The highest BCUT2D eigenvalue weighted by atomic mass is 19.4. The number of esters is 2. The van der Waals surface area contributed by atoms with Crippen molar-refractivity contribution in [3.05, 3.63) is 28.6 Å². The van der Waals surface area contributed by atoms with Crippen LogP contribution < -0.4 is 0 Å². The van der Waals surface area contributed by atoms with Gasteiger partial charge in [-0.25, -0.2) is 9.59 Å². The minimum atomic E-state index is -4.92. The number of ether oxygens (including phenoxy) is 2. The van der Waals surface area contributed by atoms with E-state index in [0.29, 0.717) is 0 Å². The average Bonchev–Trinajstić information content (AvgIpc) is 2.36. The van der Waals surface area contributed by atoms with Gasteiger partial charge in [-0.2, -0.15) is 13.2 Å². The number of hydrogen-bond donors (Lipinski definition) is 0. The van der Waals surface area contributed by atoms with Gasteiger partial charge in [-0.1, -0.05) is 0 Å². The van der Waals surface area contributed by atoms with Crippen LogP contribution in [0.5, 0.6) is 0 Å². The summed E-state index contributed by atoms with van der Waals surface area (Å²) >= 11 is 0. The fraction of sp³-hybridized carbons (Fsp3) is 0.417. The molecule has 0 aromatic carbocycles. The first-order valence-electron chi connectivity index (χ1n) is 5.56. The largest absolute Gasteiger partial charge is 0.465 e. The number of halogens is 3. The fourth-order valence-electron chi connectivity index (χ4n) is 1.62. The molecule has 20 heavy (non-hydrogen) atoms. The van der Waals surface area contributed by atoms with Crippen LogP contribution in [0.4, 0.5) is 13.2 Å². The summed E-state index contributed by atoms with van der Waals surface area (Å²) in [6.07, 6.45) is -4.18. The van der Waals surface area contributed by atoms with Crippen LogP contribution in [0.3, 0.4) is 0 Å². The van der Waals surface area contributed by atoms with E-state index < -0.39 is 34.8 Å². The minimum absolute atomic E-state index is 0.0996. The summed E-state index contributed by atoms with van der Waals surface area (Å²) in [4.78, 5) is 26.7. The number of carbonyl (C=O) groups excluding carboxylic acids is 2. The van der Waals surface area contributed by atoms with Crippen LogP contribution in [0, 0.1) is 6.92 Å². The van der Waals surface area contributed by atoms with Crippen LogP contribution in [-0.2, 0) is 15.7 Å². The number of aryl methyl sites for hydroxylation is 1. The monoisotopic (exact) mass is 291 g/mol. The van der Waals surface area contributed by atoms with Crippen LogP contribution in [0.1, 0.15) is 38.9 Å². The lowest BCUT2D eigenvalue weighted by Crippen LogP contribution is -2.22. The summed E-state index contributed by atoms with van der Waals surface area (Å²) in [6.45, 7) is 2.57. The fourth-order valence-corrected chi connectivity index (χ4v) is 1.62. The van der Waals surface area contributed by atoms with Crippen molar-refractivity contribution in [1.82, 2.24) is 4.98 Å². The van der Waals surface area contributed by atoms with E-state index in [9.17, 15) is 22.8 Å². The zero-order chi connectivity index (χ0) is 15.5. The summed E-state index contributed by atoms with van der Waals surface area (Å²) in [5.74, 6) is -2.41. The highest BCUT2D eigenvalue weighted by Gasteiger charge is 2.41. The summed E-state index contributed by atoms with van der Waals surface area (Å²) < 4.78 is 48.3. The molecule has 1 heterocycles. The van der Waals surface area contributed by atoms with Crippen molar-refractivity contribution in [3.63, 3.8) is 0 Å². The van der Waals surface area contributed by atoms with Crippen molar-refractivity contribution in [2.75, 3.05) is 13.7 Å². The highest BCUT2D eigenvalue weighted by molar-refractivity contribution is 5.98. The Morgan fingerprint density at radius 1 is 1.30 bits per heavy atom. The molecule has 0 fully saturated rings. The molecule has 5 nitrogen and oxygen atoms in total. The van der Waals surface area contributed by atoms with Crippen molar-refractivity contribution in [2.24, 2.45) is 0 Å². The van der Waals surface area contributed by atoms with Crippen LogP contribution in [0.25, 0.3) is 0 Å². The van der Waals surface area contributed by atoms with Gasteiger partial charge in [-0.3, -0.25) is 4.98 Å². The average molecular weight is 291 g/mol. The number of nitrogens with zero attached hydrogens (tertiary/aromatic N) is 1. The van der Waals surface area contributed by atoms with Gasteiger partial charge < -0.3 is 9.47 Å². The summed E-state index contributed by atoms with van der Waals surface area (Å²) in [5, 5.41) is 0. The number of methoxy groups -OCH3 is 1. The van der Waals surface area contributed by atoms with Gasteiger partial charge in [0.1, 0.15) is 0 Å². The summed E-state index contributed by atoms with van der Waals surface area (Å²) in [5.41, 5.74) is -3.18. The number of aromatic nitrogens is 1. The molecule has 0 aliphatic heterocycles. The van der Waals surface area contributed by atoms with Crippen molar-refractivity contribution in [3.8, 4) is 0 Å². The van der Waals surface area contributed by atoms with Crippen molar-refractivity contribution < 1.29 is 32.2 Å². The summed E-state index contributed by atoms with van der Waals surface area (Å²) in [6, 6.07) is 0. The molecule has 8 heteroatoms. The third kappa shape index (κ3) is 3.06. The Hall–Kier alpha value is -2.12. The third-order valence-electron chi connectivity index (χ3n) is 2.44. The van der Waals surface area contributed by atoms with Gasteiger partial charge in [0.2, 0.25) is 0 Å². The van der Waals surface area contributed by atoms with E-state index in [-0.39, 0.29) is 12.3 Å². The smallest absolute Gasteiger partial charge is 0.418 e. The lowest BCUT2D eigenvalue weighted by atomic mass is 10.0. The maximum atomic E-state index is 13.1. The Labute approximate surface area is 112 Å². The normalized spacial score (nSPS) is 11.1. The first-order valence-corrected chi connectivity index (χ1v) is 5.56. The van der Waals surface area contributed by atoms with E-state index in [0.717, 1.165) is 13.3 Å². The van der Waals surface area contributed by atoms with Crippen molar-refractivity contribution in [1.29, 1.82) is 0 Å². The molecular weight excluding hydrogens is 279 g/mol. The standard InChI is InChI=1S/C12H12F3NO4/c1-4-20-10(17)7-5-16-6(2)8(11(18)19-3)9(7)12(13,14)15/h5H,4H2,1-3H3. The van der Waals surface area contributed by atoms with Crippen LogP contribution in [0.15, 0.2) is 6.20 Å². The molecule has 1 aromatic heterocycles. The molecule has 0 unspecified atom stereocenters. The van der Waals surface area contributed by atoms with Crippen molar-refractivity contribution >= 4 is 11.9 Å². The zero-order valence-corrected chi connectivity index (χ0v) is 11.0. The predicted octanol–water partition coefficient (Wildman–Crippen LogP) is 2.37. The van der Waals surface area contributed by atoms with Gasteiger partial charge >= 0.3 is 18.1 Å². The number of pyridine rings is 1. The van der Waals surface area contributed by atoms with E-state index >= 15 is 0 Å². The molecule has 0 amide bonds. The van der Waals surface area contributed by atoms with E-state index in [4.69, 9.17) is 0 Å². The first-order chi connectivity index (χ1) is 9.23. The predicted molar refractivity (Wildman–Crippen MR) is 61.3 cm³/mol. The zero-order valence-electron chi connectivity index (χ0n) is 11.0. The maximum Gasteiger partial charge on any atom is 0.418 e. The number of carbonyl (C=O) groups is 2. The Balaban J connectivity index is 3.63. The van der Waals surface area contributed by atoms with E-state index in [1.165, 1.54) is 13.8 Å². The molecule has 0 saturated carbocycles. The Morgan fingerprint density at radius 2 is 1.90 bits per heavy atom. The second-order valence-corrected chi connectivity index (χ2v) is 3.72. The Morgan fingerprint density at radius 3 is 2.35 bits per heavy atom. The van der Waals surface area contributed by atoms with E-state index in [2.05, 4.69) is 14.5 Å². The number of alkyl halides is 3. The first kappa shape index (κ1) is 15.9. The molecular formula is C12H12F3NO4. The van der Waals surface area contributed by atoms with Gasteiger partial charge in [0.15, 0.2) is 0 Å². The minimum Gasteiger partial charge on any atom is -0.465 e. The highest BCUT2D eigenvalue weighted by Crippen LogP contribution is 2.36. The van der Waals surface area contributed by atoms with Gasteiger partial charge in [-0.15, -0.1) is 0 Å². The lowest BCUT2D eigenvalue weighted by Gasteiger charge is -2.16. The van der Waals surface area contributed by atoms with E-state index in [1.807, 2.05) is 0 Å². The van der Waals surface area contributed by atoms with Gasteiger partial charge in [0.05, 0.1) is 36.1 Å². The molecule has 0 radical (unpaired) electrons. The maximum absolute atomic E-state index is 13.1.